The Labute approximate surface area is 304 Å². The number of fused-ring (bicyclic) bond motifs is 1. The minimum absolute atomic E-state index is 0.0226. The van der Waals surface area contributed by atoms with E-state index in [0.717, 1.165) is 28.2 Å². The highest BCUT2D eigenvalue weighted by Crippen LogP contribution is 2.35. The molecule has 9 rings (SSSR count). The summed E-state index contributed by atoms with van der Waals surface area (Å²) in [5, 5.41) is 17.8. The average Bonchev–Trinajstić information content (AvgIpc) is 3.24. The van der Waals surface area contributed by atoms with Crippen LogP contribution in [-0.2, 0) is 0 Å². The second-order valence-electron chi connectivity index (χ2n) is 13.3. The molecule has 0 fully saturated rings. The topological polar surface area (TPSA) is 60.5 Å². The van der Waals surface area contributed by atoms with Gasteiger partial charge in [0.25, 0.3) is 0 Å². The number of rotatable bonds is 7. The van der Waals surface area contributed by atoms with Gasteiger partial charge in [-0.05, 0) is 55.8 Å². The molecule has 0 aliphatic carbocycles. The van der Waals surface area contributed by atoms with Crippen LogP contribution < -0.4 is 21.3 Å². The highest BCUT2D eigenvalue weighted by Gasteiger charge is 2.28. The maximum Gasteiger partial charge on any atom is 0.131 e. The molecule has 252 valence electrons. The quantitative estimate of drug-likeness (QED) is 0.136. The van der Waals surface area contributed by atoms with Crippen LogP contribution in [0.3, 0.4) is 0 Å². The second-order valence-corrected chi connectivity index (χ2v) is 13.3. The molecule has 4 unspecified atom stereocenters. The molecule has 0 bridgehead atoms. The maximum atomic E-state index is 5.11. The fourth-order valence-corrected chi connectivity index (χ4v) is 7.45. The molecule has 0 saturated carbocycles. The summed E-state index contributed by atoms with van der Waals surface area (Å²) < 4.78 is 0. The third kappa shape index (κ3) is 6.40. The van der Waals surface area contributed by atoms with Crippen molar-refractivity contribution in [2.45, 2.75) is 24.5 Å². The van der Waals surface area contributed by atoms with Gasteiger partial charge in [0.15, 0.2) is 0 Å². The first-order valence-electron chi connectivity index (χ1n) is 17.9. The molecular weight excluding hydrogens is 635 g/mol. The van der Waals surface area contributed by atoms with Crippen molar-refractivity contribution in [3.05, 3.63) is 221 Å². The van der Waals surface area contributed by atoms with Crippen LogP contribution in [0, 0.1) is 0 Å². The smallest absolute Gasteiger partial charge is 0.131 e. The average molecular weight is 674 g/mol. The number of aliphatic imine (C=N–C) groups is 1. The zero-order valence-electron chi connectivity index (χ0n) is 28.7. The van der Waals surface area contributed by atoms with Crippen LogP contribution in [0.5, 0.6) is 0 Å². The van der Waals surface area contributed by atoms with Gasteiger partial charge in [-0.3, -0.25) is 10.6 Å². The molecule has 0 aromatic heterocycles. The van der Waals surface area contributed by atoms with E-state index in [1.807, 2.05) is 12.1 Å². The first kappa shape index (κ1) is 31.7. The van der Waals surface area contributed by atoms with Gasteiger partial charge < -0.3 is 10.6 Å². The predicted molar refractivity (Wildman–Crippen MR) is 213 cm³/mol. The third-order valence-electron chi connectivity index (χ3n) is 10.1. The Hall–Kier alpha value is -6.27. The van der Waals surface area contributed by atoms with E-state index in [1.165, 1.54) is 38.6 Å². The van der Waals surface area contributed by atoms with Crippen LogP contribution in [-0.4, -0.2) is 5.84 Å². The van der Waals surface area contributed by atoms with Crippen molar-refractivity contribution in [2.24, 2.45) is 4.99 Å². The molecule has 52 heavy (non-hydrogen) atoms. The van der Waals surface area contributed by atoms with E-state index in [-0.39, 0.29) is 24.5 Å². The molecule has 0 amide bonds. The monoisotopic (exact) mass is 673 g/mol. The SMILES string of the molecule is C1=C(c2ccccc2)NC(c2ccc(-c3ccccc3C3NC(c4ccccc4)=NC(c4ccccc4)N3)cc2)NC1c1cccc2ccccc12. The fraction of sp³-hybridized carbons (Fsp3) is 0.0851. The number of benzene rings is 7. The van der Waals surface area contributed by atoms with Gasteiger partial charge >= 0.3 is 0 Å². The summed E-state index contributed by atoms with van der Waals surface area (Å²) in [6.07, 6.45) is 1.88. The van der Waals surface area contributed by atoms with Crippen molar-refractivity contribution in [1.82, 2.24) is 21.3 Å². The number of amidine groups is 1. The zero-order valence-corrected chi connectivity index (χ0v) is 28.7. The molecule has 4 N–H and O–H groups in total. The summed E-state index contributed by atoms with van der Waals surface area (Å²) in [4.78, 5) is 5.11. The molecule has 2 aliphatic heterocycles. The summed E-state index contributed by atoms with van der Waals surface area (Å²) in [6, 6.07) is 64.3. The van der Waals surface area contributed by atoms with Crippen LogP contribution >= 0.6 is 0 Å². The zero-order chi connectivity index (χ0) is 34.7. The molecule has 5 heteroatoms. The minimum atomic E-state index is -0.192. The molecule has 7 aromatic rings. The Bertz CT molecular complexity index is 2360. The lowest BCUT2D eigenvalue weighted by molar-refractivity contribution is 0.409. The summed E-state index contributed by atoms with van der Waals surface area (Å²) in [5.41, 5.74) is 10.4. The van der Waals surface area contributed by atoms with Crippen LogP contribution in [0.4, 0.5) is 0 Å². The molecule has 5 nitrogen and oxygen atoms in total. The molecule has 4 atom stereocenters. The highest BCUT2D eigenvalue weighted by atomic mass is 15.3. The Balaban J connectivity index is 1.04. The number of nitrogens with one attached hydrogen (secondary N) is 4. The summed E-state index contributed by atoms with van der Waals surface area (Å²) in [7, 11) is 0. The molecule has 2 aliphatic rings. The standard InChI is InChI=1S/C47H39N5/c1-4-16-34(17-5-1)42-31-43(40-26-14-22-32-15-10-11-23-38(32)40)49-44(48-42)37-29-27-33(28-30-37)39-24-12-13-25-41(39)47-51-45(35-18-6-2-7-19-35)50-46(52-47)36-20-8-3-9-21-36/h1-31,43-45,47-49,51H,(H,50,52). The van der Waals surface area contributed by atoms with Gasteiger partial charge in [-0.1, -0.05) is 182 Å². The van der Waals surface area contributed by atoms with E-state index in [9.17, 15) is 0 Å². The largest absolute Gasteiger partial charge is 0.366 e. The lowest BCUT2D eigenvalue weighted by Crippen LogP contribution is -2.45. The first-order chi connectivity index (χ1) is 25.8. The molecule has 7 aromatic carbocycles. The highest BCUT2D eigenvalue weighted by molar-refractivity contribution is 5.99. The molecule has 0 radical (unpaired) electrons. The first-order valence-corrected chi connectivity index (χ1v) is 17.9. The van der Waals surface area contributed by atoms with E-state index >= 15 is 0 Å². The van der Waals surface area contributed by atoms with Gasteiger partial charge in [0, 0.05) is 11.3 Å². The third-order valence-corrected chi connectivity index (χ3v) is 10.1. The summed E-state index contributed by atoms with van der Waals surface area (Å²) in [6.45, 7) is 0. The Kier molecular flexibility index (Phi) is 8.63. The number of hydrogen-bond acceptors (Lipinski definition) is 5. The van der Waals surface area contributed by atoms with Crippen molar-refractivity contribution in [2.75, 3.05) is 0 Å². The van der Waals surface area contributed by atoms with Gasteiger partial charge in [-0.25, -0.2) is 4.99 Å². The maximum absolute atomic E-state index is 5.11. The van der Waals surface area contributed by atoms with Crippen LogP contribution in [0.15, 0.2) is 193 Å². The van der Waals surface area contributed by atoms with E-state index < -0.39 is 0 Å². The van der Waals surface area contributed by atoms with E-state index in [0.29, 0.717) is 0 Å². The van der Waals surface area contributed by atoms with Gasteiger partial charge in [-0.2, -0.15) is 0 Å². The molecule has 2 heterocycles. The van der Waals surface area contributed by atoms with Crippen LogP contribution in [0.25, 0.3) is 27.6 Å². The second kappa shape index (κ2) is 14.2. The van der Waals surface area contributed by atoms with Gasteiger partial charge in [-0.15, -0.1) is 0 Å². The fourth-order valence-electron chi connectivity index (χ4n) is 7.45. The molecule has 0 saturated heterocycles. The number of hydrogen-bond donors (Lipinski definition) is 4. The van der Waals surface area contributed by atoms with Gasteiger partial charge in [0.1, 0.15) is 24.3 Å². The predicted octanol–water partition coefficient (Wildman–Crippen LogP) is 9.82. The lowest BCUT2D eigenvalue weighted by Gasteiger charge is -2.34. The summed E-state index contributed by atoms with van der Waals surface area (Å²) >= 11 is 0. The van der Waals surface area contributed by atoms with Crippen molar-refractivity contribution < 1.29 is 0 Å². The Morgan fingerprint density at radius 3 is 1.85 bits per heavy atom. The van der Waals surface area contributed by atoms with E-state index in [1.54, 1.807) is 0 Å². The van der Waals surface area contributed by atoms with Crippen molar-refractivity contribution in [1.29, 1.82) is 0 Å². The number of nitrogens with zero attached hydrogens (tertiary/aromatic N) is 1. The molecular formula is C47H39N5. The van der Waals surface area contributed by atoms with Crippen molar-refractivity contribution >= 4 is 22.3 Å². The van der Waals surface area contributed by atoms with Crippen molar-refractivity contribution in [3.8, 4) is 11.1 Å². The van der Waals surface area contributed by atoms with E-state index in [4.69, 9.17) is 4.99 Å². The molecule has 0 spiro atoms. The Morgan fingerprint density at radius 2 is 1.06 bits per heavy atom. The van der Waals surface area contributed by atoms with Crippen LogP contribution in [0.2, 0.25) is 0 Å². The normalized spacial score (nSPS) is 19.9. The van der Waals surface area contributed by atoms with Crippen LogP contribution in [0.1, 0.15) is 57.9 Å². The minimum Gasteiger partial charge on any atom is -0.366 e. The van der Waals surface area contributed by atoms with Crippen molar-refractivity contribution in [3.63, 3.8) is 0 Å². The summed E-state index contributed by atoms with van der Waals surface area (Å²) in [5.74, 6) is 0.876. The van der Waals surface area contributed by atoms with E-state index in [2.05, 4.69) is 197 Å². The van der Waals surface area contributed by atoms with Gasteiger partial charge in [0.05, 0.1) is 6.04 Å². The lowest BCUT2D eigenvalue weighted by atomic mass is 9.93. The Morgan fingerprint density at radius 1 is 0.423 bits per heavy atom. The van der Waals surface area contributed by atoms with Gasteiger partial charge in [0.2, 0.25) is 0 Å².